The maximum atomic E-state index is 11.7. The Hall–Kier alpha value is -2.86. The van der Waals surface area contributed by atoms with Gasteiger partial charge in [-0.05, 0) is 30.3 Å². The second-order valence-corrected chi connectivity index (χ2v) is 5.14. The van der Waals surface area contributed by atoms with Gasteiger partial charge in [-0.15, -0.1) is 10.2 Å². The van der Waals surface area contributed by atoms with Gasteiger partial charge in [-0.25, -0.2) is 0 Å². The van der Waals surface area contributed by atoms with Crippen molar-refractivity contribution in [1.82, 2.24) is 4.98 Å². The van der Waals surface area contributed by atoms with Crippen LogP contribution in [0.4, 0.5) is 5.69 Å². The van der Waals surface area contributed by atoms with E-state index in [1.54, 1.807) is 42.5 Å². The maximum absolute atomic E-state index is 11.7. The first-order valence-electron chi connectivity index (χ1n) is 6.76. The van der Waals surface area contributed by atoms with Gasteiger partial charge in [-0.2, -0.15) is 0 Å². The van der Waals surface area contributed by atoms with Crippen molar-refractivity contribution in [2.75, 3.05) is 6.61 Å². The van der Waals surface area contributed by atoms with Crippen LogP contribution in [0.3, 0.4) is 0 Å². The molecule has 3 aromatic rings. The number of amides is 1. The smallest absolute Gasteiger partial charge is 0.302 e. The number of hydrogen-bond donors (Lipinski definition) is 2. The lowest BCUT2D eigenvalue weighted by Crippen LogP contribution is -2.07. The fourth-order valence-corrected chi connectivity index (χ4v) is 2.15. The van der Waals surface area contributed by atoms with Gasteiger partial charge < -0.3 is 14.8 Å². The Balaban J connectivity index is 1.68. The van der Waals surface area contributed by atoms with Crippen LogP contribution in [0.5, 0.6) is 11.6 Å². The van der Waals surface area contributed by atoms with Crippen LogP contribution in [0.2, 0.25) is 5.02 Å². The van der Waals surface area contributed by atoms with Crippen LogP contribution in [-0.4, -0.2) is 22.6 Å². The molecule has 0 unspecified atom stereocenters. The molecule has 0 aliphatic heterocycles. The van der Waals surface area contributed by atoms with Crippen LogP contribution in [0.1, 0.15) is 0 Å². The number of para-hydroxylation sites is 1. The molecule has 2 N–H and O–H groups in total. The van der Waals surface area contributed by atoms with Crippen molar-refractivity contribution in [2.45, 2.75) is 0 Å². The number of carbonyl (C=O) groups is 1. The average molecular weight is 330 g/mol. The van der Waals surface area contributed by atoms with E-state index >= 15 is 0 Å². The van der Waals surface area contributed by atoms with Crippen LogP contribution in [0.15, 0.2) is 58.8 Å². The fourth-order valence-electron chi connectivity index (χ4n) is 2.02. The van der Waals surface area contributed by atoms with Crippen LogP contribution in [0.25, 0.3) is 10.9 Å². The molecule has 116 valence electrons. The minimum absolute atomic E-state index is 0.138. The minimum Gasteiger partial charge on any atom is -0.493 e. The number of hydrogen-bond acceptors (Lipinski definition) is 4. The number of H-pyrrole nitrogens is 1. The van der Waals surface area contributed by atoms with Gasteiger partial charge in [0.1, 0.15) is 5.75 Å². The molecule has 6 nitrogen and oxygen atoms in total. The molecule has 0 aliphatic rings. The molecule has 3 rings (SSSR count). The Morgan fingerprint density at radius 3 is 2.70 bits per heavy atom. The highest BCUT2D eigenvalue weighted by Crippen LogP contribution is 2.35. The summed E-state index contributed by atoms with van der Waals surface area (Å²) in [5.74, 6) is -0.195. The fraction of sp³-hybridized carbons (Fsp3) is 0.0625. The monoisotopic (exact) mass is 329 g/mol. The van der Waals surface area contributed by atoms with Crippen LogP contribution in [0, 0.1) is 0 Å². The molecule has 0 bridgehead atoms. The van der Waals surface area contributed by atoms with E-state index in [4.69, 9.17) is 16.3 Å². The Bertz CT molecular complexity index is 872. The molecule has 0 aliphatic carbocycles. The van der Waals surface area contributed by atoms with Gasteiger partial charge in [0.25, 0.3) is 0 Å². The van der Waals surface area contributed by atoms with Gasteiger partial charge in [0.05, 0.1) is 5.52 Å². The second kappa shape index (κ2) is 6.50. The van der Waals surface area contributed by atoms with E-state index in [1.165, 1.54) is 0 Å². The third-order valence-electron chi connectivity index (χ3n) is 3.10. The van der Waals surface area contributed by atoms with Gasteiger partial charge >= 0.3 is 5.91 Å². The lowest BCUT2D eigenvalue weighted by molar-refractivity contribution is -0.120. The number of azo groups is 1. The zero-order chi connectivity index (χ0) is 16.2. The van der Waals surface area contributed by atoms with Gasteiger partial charge in [0.2, 0.25) is 5.88 Å². The van der Waals surface area contributed by atoms with Gasteiger partial charge in [-0.1, -0.05) is 29.8 Å². The van der Waals surface area contributed by atoms with Crippen molar-refractivity contribution in [2.24, 2.45) is 10.2 Å². The first-order chi connectivity index (χ1) is 11.1. The predicted molar refractivity (Wildman–Crippen MR) is 86.4 cm³/mol. The summed E-state index contributed by atoms with van der Waals surface area (Å²) in [6.45, 7) is -0.256. The van der Waals surface area contributed by atoms with E-state index in [-0.39, 0.29) is 18.2 Å². The number of aromatic amines is 1. The number of halogens is 1. The summed E-state index contributed by atoms with van der Waals surface area (Å²) in [4.78, 5) is 14.5. The molecule has 0 atom stereocenters. The number of aromatic hydroxyl groups is 1. The lowest BCUT2D eigenvalue weighted by atomic mass is 10.2. The number of aromatic nitrogens is 1. The second-order valence-electron chi connectivity index (χ2n) is 4.70. The largest absolute Gasteiger partial charge is 0.493 e. The molecule has 1 heterocycles. The van der Waals surface area contributed by atoms with Gasteiger partial charge in [0.15, 0.2) is 12.3 Å². The molecular weight excluding hydrogens is 318 g/mol. The Morgan fingerprint density at radius 1 is 1.17 bits per heavy atom. The van der Waals surface area contributed by atoms with E-state index in [9.17, 15) is 9.90 Å². The summed E-state index contributed by atoms with van der Waals surface area (Å²) in [6.07, 6.45) is 0. The van der Waals surface area contributed by atoms with Crippen LogP contribution < -0.4 is 4.74 Å². The molecular formula is C16H12ClN3O3. The first-order valence-corrected chi connectivity index (χ1v) is 7.14. The molecule has 23 heavy (non-hydrogen) atoms. The number of ether oxygens (including phenoxy) is 1. The number of nitrogens with one attached hydrogen (secondary N) is 1. The molecule has 0 spiro atoms. The van der Waals surface area contributed by atoms with E-state index in [2.05, 4.69) is 15.2 Å². The summed E-state index contributed by atoms with van der Waals surface area (Å²) < 4.78 is 5.28. The molecule has 1 aromatic heterocycles. The number of rotatable bonds is 4. The molecule has 1 amide bonds. The van der Waals surface area contributed by atoms with E-state index in [1.807, 2.05) is 6.07 Å². The van der Waals surface area contributed by atoms with E-state index < -0.39 is 5.91 Å². The van der Waals surface area contributed by atoms with E-state index in [0.29, 0.717) is 21.7 Å². The average Bonchev–Trinajstić information content (AvgIpc) is 2.87. The number of benzene rings is 2. The zero-order valence-corrected chi connectivity index (χ0v) is 12.6. The molecule has 2 aromatic carbocycles. The SMILES string of the molecule is O=C(COc1ccc(Cl)cc1)N=Nc1c(O)[nH]c2ccccc12. The Morgan fingerprint density at radius 2 is 1.91 bits per heavy atom. The summed E-state index contributed by atoms with van der Waals surface area (Å²) in [6, 6.07) is 13.8. The third kappa shape index (κ3) is 3.49. The van der Waals surface area contributed by atoms with Crippen LogP contribution in [-0.2, 0) is 4.79 Å². The summed E-state index contributed by atoms with van der Waals surface area (Å²) in [7, 11) is 0. The van der Waals surface area contributed by atoms with Crippen molar-refractivity contribution >= 4 is 34.1 Å². The highest BCUT2D eigenvalue weighted by molar-refractivity contribution is 6.30. The van der Waals surface area contributed by atoms with Gasteiger partial charge in [-0.3, -0.25) is 4.79 Å². The lowest BCUT2D eigenvalue weighted by Gasteiger charge is -2.02. The highest BCUT2D eigenvalue weighted by atomic mass is 35.5. The van der Waals surface area contributed by atoms with Crippen molar-refractivity contribution < 1.29 is 14.6 Å². The summed E-state index contributed by atoms with van der Waals surface area (Å²) in [5.41, 5.74) is 0.934. The maximum Gasteiger partial charge on any atom is 0.302 e. The predicted octanol–water partition coefficient (Wildman–Crippen LogP) is 4.22. The Kier molecular flexibility index (Phi) is 4.25. The molecule has 7 heteroatoms. The van der Waals surface area contributed by atoms with Crippen molar-refractivity contribution in [3.8, 4) is 11.6 Å². The Labute approximate surface area is 136 Å². The topological polar surface area (TPSA) is 87.0 Å². The summed E-state index contributed by atoms with van der Waals surface area (Å²) in [5, 5.41) is 18.5. The highest BCUT2D eigenvalue weighted by Gasteiger charge is 2.10. The van der Waals surface area contributed by atoms with E-state index in [0.717, 1.165) is 0 Å². The molecule has 0 saturated heterocycles. The number of fused-ring (bicyclic) bond motifs is 1. The molecule has 0 saturated carbocycles. The molecule has 0 radical (unpaired) electrons. The van der Waals surface area contributed by atoms with Crippen LogP contribution >= 0.6 is 11.6 Å². The van der Waals surface area contributed by atoms with Crippen molar-refractivity contribution in [3.05, 3.63) is 53.6 Å². The third-order valence-corrected chi connectivity index (χ3v) is 3.35. The number of nitrogens with zero attached hydrogens (tertiary/aromatic N) is 2. The standard InChI is InChI=1S/C16H12ClN3O3/c17-10-5-7-11(8-6-10)23-9-14(21)19-20-15-12-3-1-2-4-13(12)18-16(15)22/h1-8,18,22H,9H2. The van der Waals surface area contributed by atoms with Crippen molar-refractivity contribution in [3.63, 3.8) is 0 Å². The quantitative estimate of drug-likeness (QED) is 0.702. The molecule has 0 fully saturated rings. The van der Waals surface area contributed by atoms with Crippen molar-refractivity contribution in [1.29, 1.82) is 0 Å². The minimum atomic E-state index is -0.565. The normalized spacial score (nSPS) is 11.2. The first kappa shape index (κ1) is 15.1. The number of carbonyl (C=O) groups excluding carboxylic acids is 1. The summed E-state index contributed by atoms with van der Waals surface area (Å²) >= 11 is 5.76. The zero-order valence-electron chi connectivity index (χ0n) is 11.9. The van der Waals surface area contributed by atoms with Gasteiger partial charge in [0, 0.05) is 10.4 Å².